The largest absolute Gasteiger partial charge is 0.326 e. The molecule has 122 valence electrons. The van der Waals surface area contributed by atoms with Gasteiger partial charge in [-0.2, -0.15) is 0 Å². The molecule has 0 saturated carbocycles. The maximum Gasteiger partial charge on any atom is 0.224 e. The lowest BCUT2D eigenvalue weighted by atomic mass is 10.1. The molecule has 0 fully saturated rings. The fraction of sp³-hybridized carbons (Fsp3) is 0.158. The number of amides is 1. The average molecular weight is 357 g/mol. The summed E-state index contributed by atoms with van der Waals surface area (Å²) >= 11 is 7.49. The molecule has 0 bridgehead atoms. The fourth-order valence-electron chi connectivity index (χ4n) is 2.35. The van der Waals surface area contributed by atoms with Gasteiger partial charge in [0.2, 0.25) is 5.91 Å². The Bertz CT molecular complexity index is 825. The van der Waals surface area contributed by atoms with Gasteiger partial charge >= 0.3 is 0 Å². The van der Waals surface area contributed by atoms with Gasteiger partial charge in [-0.15, -0.1) is 11.3 Å². The molecule has 1 amide bonds. The minimum absolute atomic E-state index is 0.00204. The lowest BCUT2D eigenvalue weighted by molar-refractivity contribution is -0.116. The van der Waals surface area contributed by atoms with Crippen LogP contribution in [0.1, 0.15) is 17.0 Å². The zero-order valence-electron chi connectivity index (χ0n) is 13.3. The Hall–Kier alpha value is -2.17. The lowest BCUT2D eigenvalue weighted by Crippen LogP contribution is -2.12. The number of aryl methyl sites for hydroxylation is 2. The number of thiazole rings is 1. The molecule has 0 spiro atoms. The van der Waals surface area contributed by atoms with Crippen molar-refractivity contribution in [2.75, 3.05) is 5.32 Å². The van der Waals surface area contributed by atoms with Crippen LogP contribution in [0.15, 0.2) is 53.9 Å². The number of nitrogens with one attached hydrogen (secondary N) is 1. The molecule has 0 radical (unpaired) electrons. The number of hydrogen-bond acceptors (Lipinski definition) is 3. The van der Waals surface area contributed by atoms with Crippen molar-refractivity contribution < 1.29 is 4.79 Å². The Morgan fingerprint density at radius 2 is 1.83 bits per heavy atom. The molecule has 24 heavy (non-hydrogen) atoms. The summed E-state index contributed by atoms with van der Waals surface area (Å²) in [4.78, 5) is 16.5. The summed E-state index contributed by atoms with van der Waals surface area (Å²) in [7, 11) is 0. The van der Waals surface area contributed by atoms with Crippen LogP contribution in [0.4, 0.5) is 5.69 Å². The Morgan fingerprint density at radius 1 is 1.12 bits per heavy atom. The molecule has 3 nitrogen and oxygen atoms in total. The quantitative estimate of drug-likeness (QED) is 0.670. The summed E-state index contributed by atoms with van der Waals surface area (Å²) in [5.41, 5.74) is 3.92. The Labute approximate surface area is 150 Å². The molecular weight excluding hydrogens is 340 g/mol. The zero-order chi connectivity index (χ0) is 16.9. The highest BCUT2D eigenvalue weighted by molar-refractivity contribution is 7.09. The van der Waals surface area contributed by atoms with E-state index in [0.29, 0.717) is 17.9 Å². The van der Waals surface area contributed by atoms with Gasteiger partial charge in [-0.25, -0.2) is 4.98 Å². The van der Waals surface area contributed by atoms with Crippen molar-refractivity contribution in [3.8, 4) is 11.3 Å². The highest BCUT2D eigenvalue weighted by Gasteiger charge is 2.05. The summed E-state index contributed by atoms with van der Waals surface area (Å²) in [6.45, 7) is 1.99. The van der Waals surface area contributed by atoms with Crippen molar-refractivity contribution in [2.24, 2.45) is 0 Å². The Morgan fingerprint density at radius 3 is 2.46 bits per heavy atom. The molecule has 2 aromatic carbocycles. The molecule has 0 aliphatic carbocycles. The highest BCUT2D eigenvalue weighted by atomic mass is 35.5. The first-order valence-corrected chi connectivity index (χ1v) is 8.93. The van der Waals surface area contributed by atoms with Crippen LogP contribution in [0.5, 0.6) is 0 Å². The van der Waals surface area contributed by atoms with Gasteiger partial charge in [0, 0.05) is 28.1 Å². The smallest absolute Gasteiger partial charge is 0.224 e. The van der Waals surface area contributed by atoms with Crippen LogP contribution >= 0.6 is 22.9 Å². The van der Waals surface area contributed by atoms with Crippen LogP contribution < -0.4 is 5.32 Å². The average Bonchev–Trinajstić information content (AvgIpc) is 3.01. The fourth-order valence-corrected chi connectivity index (χ4v) is 3.10. The van der Waals surface area contributed by atoms with Crippen LogP contribution in [0.3, 0.4) is 0 Å². The first-order chi connectivity index (χ1) is 11.6. The van der Waals surface area contributed by atoms with E-state index in [1.165, 1.54) is 0 Å². The number of hydrogen-bond donors (Lipinski definition) is 1. The first-order valence-electron chi connectivity index (χ1n) is 7.67. The van der Waals surface area contributed by atoms with E-state index in [9.17, 15) is 4.79 Å². The maximum atomic E-state index is 12.1. The van der Waals surface area contributed by atoms with Gasteiger partial charge in [-0.3, -0.25) is 4.79 Å². The predicted molar refractivity (Wildman–Crippen MR) is 101 cm³/mol. The molecule has 3 rings (SSSR count). The number of benzene rings is 2. The molecule has 0 atom stereocenters. The first kappa shape index (κ1) is 16.7. The molecule has 1 aromatic heterocycles. The third kappa shape index (κ3) is 4.43. The highest BCUT2D eigenvalue weighted by Crippen LogP contribution is 2.23. The van der Waals surface area contributed by atoms with Crippen molar-refractivity contribution in [3.63, 3.8) is 0 Å². The number of anilines is 1. The number of carbonyl (C=O) groups is 1. The summed E-state index contributed by atoms with van der Waals surface area (Å²) in [6.07, 6.45) is 1.13. The number of rotatable bonds is 5. The van der Waals surface area contributed by atoms with Crippen molar-refractivity contribution >= 4 is 34.5 Å². The number of carbonyl (C=O) groups excluding carboxylic acids is 1. The summed E-state index contributed by atoms with van der Waals surface area (Å²) in [5, 5.41) is 6.71. The van der Waals surface area contributed by atoms with E-state index in [1.54, 1.807) is 11.3 Å². The topological polar surface area (TPSA) is 42.0 Å². The molecule has 0 saturated heterocycles. The minimum Gasteiger partial charge on any atom is -0.326 e. The molecule has 0 unspecified atom stereocenters. The van der Waals surface area contributed by atoms with Crippen molar-refractivity contribution in [3.05, 3.63) is 69.5 Å². The van der Waals surface area contributed by atoms with Gasteiger partial charge < -0.3 is 5.32 Å². The zero-order valence-corrected chi connectivity index (χ0v) is 14.8. The molecule has 0 aliphatic heterocycles. The van der Waals surface area contributed by atoms with Crippen LogP contribution in [0.2, 0.25) is 5.02 Å². The van der Waals surface area contributed by atoms with Gasteiger partial charge in [0.25, 0.3) is 0 Å². The summed E-state index contributed by atoms with van der Waals surface area (Å²) in [6, 6.07) is 15.3. The SMILES string of the molecule is Cc1nc(-c2ccc(NC(=O)CCc3ccc(Cl)cc3)cc2)cs1. The second-order valence-electron chi connectivity index (χ2n) is 5.50. The van der Waals surface area contributed by atoms with E-state index in [-0.39, 0.29) is 5.91 Å². The molecular formula is C19H17ClN2OS. The predicted octanol–water partition coefficient (Wildman–Crippen LogP) is 5.34. The van der Waals surface area contributed by atoms with Crippen molar-refractivity contribution in [1.29, 1.82) is 0 Å². The van der Waals surface area contributed by atoms with Gasteiger partial charge in [0.1, 0.15) is 0 Å². The maximum absolute atomic E-state index is 12.1. The third-order valence-corrected chi connectivity index (χ3v) is 4.66. The molecule has 5 heteroatoms. The third-order valence-electron chi connectivity index (χ3n) is 3.64. The standard InChI is InChI=1S/C19H17ClN2OS/c1-13-21-18(12-24-13)15-5-9-17(10-6-15)22-19(23)11-4-14-2-7-16(20)8-3-14/h2-3,5-10,12H,4,11H2,1H3,(H,22,23). The minimum atomic E-state index is 0.00204. The second kappa shape index (κ2) is 7.60. The Balaban J connectivity index is 1.55. The summed E-state index contributed by atoms with van der Waals surface area (Å²) < 4.78 is 0. The van der Waals surface area contributed by atoms with Crippen LogP contribution in [-0.4, -0.2) is 10.9 Å². The summed E-state index contributed by atoms with van der Waals surface area (Å²) in [5.74, 6) is 0.00204. The molecule has 1 N–H and O–H groups in total. The van der Waals surface area contributed by atoms with E-state index < -0.39 is 0 Å². The number of halogens is 1. The molecule has 0 aliphatic rings. The van der Waals surface area contributed by atoms with E-state index >= 15 is 0 Å². The van der Waals surface area contributed by atoms with Crippen LogP contribution in [0, 0.1) is 6.92 Å². The lowest BCUT2D eigenvalue weighted by Gasteiger charge is -2.06. The molecule has 3 aromatic rings. The van der Waals surface area contributed by atoms with Gasteiger partial charge in [0.05, 0.1) is 10.7 Å². The Kier molecular flexibility index (Phi) is 5.28. The second-order valence-corrected chi connectivity index (χ2v) is 7.00. The van der Waals surface area contributed by atoms with Gasteiger partial charge in [-0.1, -0.05) is 35.9 Å². The van der Waals surface area contributed by atoms with Crippen LogP contribution in [0.25, 0.3) is 11.3 Å². The molecule has 1 heterocycles. The van der Waals surface area contributed by atoms with Crippen molar-refractivity contribution in [2.45, 2.75) is 19.8 Å². The van der Waals surface area contributed by atoms with Crippen LogP contribution in [-0.2, 0) is 11.2 Å². The van der Waals surface area contributed by atoms with Gasteiger partial charge in [-0.05, 0) is 43.2 Å². The monoisotopic (exact) mass is 356 g/mol. The number of aromatic nitrogens is 1. The van der Waals surface area contributed by atoms with E-state index in [2.05, 4.69) is 10.3 Å². The van der Waals surface area contributed by atoms with E-state index in [4.69, 9.17) is 11.6 Å². The van der Waals surface area contributed by atoms with E-state index in [1.807, 2.05) is 60.8 Å². The van der Waals surface area contributed by atoms with Gasteiger partial charge in [0.15, 0.2) is 0 Å². The van der Waals surface area contributed by atoms with E-state index in [0.717, 1.165) is 27.5 Å². The normalized spacial score (nSPS) is 10.6. The van der Waals surface area contributed by atoms with Crippen molar-refractivity contribution in [1.82, 2.24) is 4.98 Å². The number of nitrogens with zero attached hydrogens (tertiary/aromatic N) is 1.